The number of hydrogen-bond acceptors (Lipinski definition) is 7. The third kappa shape index (κ3) is 5.48. The second-order valence-corrected chi connectivity index (χ2v) is 9.47. The number of aliphatic hydroxyl groups excluding tert-OH is 1. The summed E-state index contributed by atoms with van der Waals surface area (Å²) in [5, 5.41) is 15.6. The summed E-state index contributed by atoms with van der Waals surface area (Å²) >= 11 is 0. The van der Waals surface area contributed by atoms with Crippen molar-refractivity contribution in [3.05, 3.63) is 54.1 Å². The van der Waals surface area contributed by atoms with Crippen molar-refractivity contribution in [2.75, 3.05) is 19.9 Å². The van der Waals surface area contributed by atoms with Crippen LogP contribution in [-0.2, 0) is 16.4 Å². The summed E-state index contributed by atoms with van der Waals surface area (Å²) in [6.45, 7) is 4.92. The first-order chi connectivity index (χ1) is 13.9. The van der Waals surface area contributed by atoms with Crippen molar-refractivity contribution in [1.29, 1.82) is 0 Å². The molecule has 0 unspecified atom stereocenters. The number of nitrogens with one attached hydrogen (secondary N) is 2. The molecular formula is C21H28N2O5S. The summed E-state index contributed by atoms with van der Waals surface area (Å²) in [7, 11) is -3.66. The van der Waals surface area contributed by atoms with Crippen LogP contribution in [0, 0.1) is 5.92 Å². The molecule has 0 fully saturated rings. The van der Waals surface area contributed by atoms with Crippen LogP contribution >= 0.6 is 0 Å². The van der Waals surface area contributed by atoms with Crippen LogP contribution in [0.5, 0.6) is 11.5 Å². The summed E-state index contributed by atoms with van der Waals surface area (Å²) in [5.74, 6) is 0.784. The molecule has 29 heavy (non-hydrogen) atoms. The fraction of sp³-hybridized carbons (Fsp3) is 0.429. The summed E-state index contributed by atoms with van der Waals surface area (Å²) in [4.78, 5) is 0.171. The van der Waals surface area contributed by atoms with Crippen molar-refractivity contribution in [2.24, 2.45) is 5.92 Å². The number of rotatable bonds is 10. The molecule has 0 saturated carbocycles. The number of benzene rings is 2. The van der Waals surface area contributed by atoms with Gasteiger partial charge in [0.1, 0.15) is 5.37 Å². The van der Waals surface area contributed by atoms with Gasteiger partial charge in [0, 0.05) is 25.7 Å². The molecule has 2 aromatic carbocycles. The number of sulfone groups is 1. The highest BCUT2D eigenvalue weighted by atomic mass is 32.2. The fourth-order valence-electron chi connectivity index (χ4n) is 3.21. The van der Waals surface area contributed by atoms with E-state index in [4.69, 9.17) is 9.47 Å². The Kier molecular flexibility index (Phi) is 7.13. The molecule has 1 aliphatic heterocycles. The Labute approximate surface area is 172 Å². The van der Waals surface area contributed by atoms with Gasteiger partial charge in [-0.1, -0.05) is 44.2 Å². The van der Waals surface area contributed by atoms with E-state index in [2.05, 4.69) is 10.6 Å². The van der Waals surface area contributed by atoms with Crippen molar-refractivity contribution in [2.45, 2.75) is 36.8 Å². The monoisotopic (exact) mass is 420 g/mol. The van der Waals surface area contributed by atoms with Gasteiger partial charge in [-0.05, 0) is 23.6 Å². The number of fused-ring (bicyclic) bond motifs is 1. The van der Waals surface area contributed by atoms with Gasteiger partial charge in [0.2, 0.25) is 6.79 Å². The average molecular weight is 421 g/mol. The van der Waals surface area contributed by atoms with Gasteiger partial charge in [0.15, 0.2) is 21.3 Å². The van der Waals surface area contributed by atoms with Crippen LogP contribution in [0.3, 0.4) is 0 Å². The lowest BCUT2D eigenvalue weighted by Crippen LogP contribution is -2.46. The quantitative estimate of drug-likeness (QED) is 0.540. The minimum atomic E-state index is -3.66. The molecule has 158 valence electrons. The van der Waals surface area contributed by atoms with Crippen molar-refractivity contribution < 1.29 is 23.0 Å². The third-order valence-electron chi connectivity index (χ3n) is 4.72. The van der Waals surface area contributed by atoms with Crippen molar-refractivity contribution >= 4 is 9.84 Å². The first kappa shape index (κ1) is 21.6. The molecule has 2 aromatic rings. The maximum Gasteiger partial charge on any atom is 0.231 e. The van der Waals surface area contributed by atoms with Gasteiger partial charge >= 0.3 is 0 Å². The Morgan fingerprint density at radius 2 is 1.76 bits per heavy atom. The lowest BCUT2D eigenvalue weighted by molar-refractivity contribution is 0.165. The summed E-state index contributed by atoms with van der Waals surface area (Å²) < 4.78 is 36.8. The first-order valence-corrected chi connectivity index (χ1v) is 11.2. The van der Waals surface area contributed by atoms with Crippen LogP contribution in [0.2, 0.25) is 0 Å². The van der Waals surface area contributed by atoms with Gasteiger partial charge in [-0.3, -0.25) is 5.32 Å². The molecule has 8 heteroatoms. The molecule has 3 rings (SSSR count). The third-order valence-corrected chi connectivity index (χ3v) is 7.01. The predicted octanol–water partition coefficient (Wildman–Crippen LogP) is 1.91. The number of ether oxygens (including phenoxy) is 2. The molecule has 0 aromatic heterocycles. The summed E-state index contributed by atoms with van der Waals surface area (Å²) in [6, 6.07) is 14.5. The Balaban J connectivity index is 1.57. The van der Waals surface area contributed by atoms with Gasteiger partial charge in [-0.15, -0.1) is 0 Å². The molecule has 0 amide bonds. The van der Waals surface area contributed by atoms with E-state index in [1.54, 1.807) is 6.07 Å². The largest absolute Gasteiger partial charge is 0.454 e. The Morgan fingerprint density at radius 3 is 2.48 bits per heavy atom. The lowest BCUT2D eigenvalue weighted by atomic mass is 10.2. The maximum atomic E-state index is 13.1. The highest BCUT2D eigenvalue weighted by molar-refractivity contribution is 7.92. The zero-order valence-electron chi connectivity index (χ0n) is 16.7. The Morgan fingerprint density at radius 1 is 1.03 bits per heavy atom. The van der Waals surface area contributed by atoms with Crippen LogP contribution in [0.15, 0.2) is 53.4 Å². The number of hydrogen-bond donors (Lipinski definition) is 3. The van der Waals surface area contributed by atoms with E-state index in [9.17, 15) is 13.5 Å². The van der Waals surface area contributed by atoms with Crippen LogP contribution in [0.1, 0.15) is 19.4 Å². The molecule has 7 nitrogen and oxygen atoms in total. The fourth-order valence-corrected chi connectivity index (χ4v) is 5.06. The van der Waals surface area contributed by atoms with E-state index in [0.29, 0.717) is 24.6 Å². The van der Waals surface area contributed by atoms with Crippen LogP contribution < -0.4 is 20.1 Å². The van der Waals surface area contributed by atoms with E-state index in [1.165, 1.54) is 12.1 Å². The minimum absolute atomic E-state index is 0.0901. The average Bonchev–Trinajstić information content (AvgIpc) is 3.16. The van der Waals surface area contributed by atoms with Crippen molar-refractivity contribution in [1.82, 2.24) is 10.6 Å². The smallest absolute Gasteiger partial charge is 0.231 e. The molecule has 0 saturated heterocycles. The van der Waals surface area contributed by atoms with Crippen molar-refractivity contribution in [3.63, 3.8) is 0 Å². The lowest BCUT2D eigenvalue weighted by Gasteiger charge is -2.24. The molecule has 1 aliphatic rings. The van der Waals surface area contributed by atoms with E-state index in [-0.39, 0.29) is 24.2 Å². The van der Waals surface area contributed by atoms with Gasteiger partial charge in [-0.25, -0.2) is 8.42 Å². The first-order valence-electron chi connectivity index (χ1n) is 9.67. The SMILES string of the molecule is CC(C)[C@@H](NC[C@H](O)CNCc1ccccc1)S(=O)(=O)c1ccc2c(c1)OCO2. The maximum absolute atomic E-state index is 13.1. The normalized spacial score (nSPS) is 15.4. The van der Waals surface area contributed by atoms with E-state index in [0.717, 1.165) is 5.56 Å². The molecular weight excluding hydrogens is 392 g/mol. The second kappa shape index (κ2) is 9.58. The summed E-state index contributed by atoms with van der Waals surface area (Å²) in [5.41, 5.74) is 1.12. The molecule has 0 spiro atoms. The Hall–Kier alpha value is -2.13. The molecule has 2 atom stereocenters. The number of aliphatic hydroxyl groups is 1. The van der Waals surface area contributed by atoms with Gasteiger partial charge < -0.3 is 19.9 Å². The van der Waals surface area contributed by atoms with Crippen LogP contribution in [0.4, 0.5) is 0 Å². The van der Waals surface area contributed by atoms with Gasteiger partial charge in [0.05, 0.1) is 11.0 Å². The van der Waals surface area contributed by atoms with Crippen molar-refractivity contribution in [3.8, 4) is 11.5 Å². The van der Waals surface area contributed by atoms with E-state index in [1.807, 2.05) is 44.2 Å². The molecule has 0 bridgehead atoms. The van der Waals surface area contributed by atoms with Crippen LogP contribution in [-0.4, -0.2) is 44.9 Å². The van der Waals surface area contributed by atoms with E-state index >= 15 is 0 Å². The van der Waals surface area contributed by atoms with Gasteiger partial charge in [-0.2, -0.15) is 0 Å². The van der Waals surface area contributed by atoms with Crippen LogP contribution in [0.25, 0.3) is 0 Å². The minimum Gasteiger partial charge on any atom is -0.454 e. The zero-order chi connectivity index (χ0) is 20.9. The highest BCUT2D eigenvalue weighted by Crippen LogP contribution is 2.35. The Bertz CT molecular complexity index is 903. The predicted molar refractivity (Wildman–Crippen MR) is 111 cm³/mol. The second-order valence-electron chi connectivity index (χ2n) is 7.40. The van der Waals surface area contributed by atoms with E-state index < -0.39 is 21.3 Å². The molecule has 0 radical (unpaired) electrons. The molecule has 3 N–H and O–H groups in total. The summed E-state index contributed by atoms with van der Waals surface area (Å²) in [6.07, 6.45) is -0.716. The standard InChI is InChI=1S/C21H28N2O5S/c1-15(2)21(23-13-17(24)12-22-11-16-6-4-3-5-7-16)29(25,26)18-8-9-19-20(10-18)28-14-27-19/h3-10,15,17,21-24H,11-14H2,1-2H3/t17-,21+/m1/s1. The molecule has 1 heterocycles. The highest BCUT2D eigenvalue weighted by Gasteiger charge is 2.31. The van der Waals surface area contributed by atoms with Gasteiger partial charge in [0.25, 0.3) is 0 Å². The molecule has 0 aliphatic carbocycles. The zero-order valence-corrected chi connectivity index (χ0v) is 17.5. The topological polar surface area (TPSA) is 96.9 Å².